The van der Waals surface area contributed by atoms with Crippen LogP contribution in [-0.4, -0.2) is 34.2 Å². The molecule has 0 spiro atoms. The molecule has 0 saturated carbocycles. The average Bonchev–Trinajstić information content (AvgIpc) is 2.43. The Kier molecular flexibility index (Phi) is 4.31. The maximum Gasteiger partial charge on any atom is 0.253 e. The fraction of sp³-hybridized carbons (Fsp3) is 0.286. The van der Waals surface area contributed by atoms with Gasteiger partial charge in [0.25, 0.3) is 5.91 Å². The van der Waals surface area contributed by atoms with Gasteiger partial charge in [0.15, 0.2) is 0 Å². The first-order valence-corrected chi connectivity index (χ1v) is 7.08. The second-order valence-corrected chi connectivity index (χ2v) is 4.78. The summed E-state index contributed by atoms with van der Waals surface area (Å²) in [7, 11) is 0. The largest absolute Gasteiger partial charge is 0.338 e. The molecule has 1 amide bonds. The summed E-state index contributed by atoms with van der Waals surface area (Å²) in [6.07, 6.45) is 1.76. The van der Waals surface area contributed by atoms with Crippen LogP contribution >= 0.6 is 15.9 Å². The third kappa shape index (κ3) is 2.70. The van der Waals surface area contributed by atoms with Crippen molar-refractivity contribution in [2.45, 2.75) is 6.92 Å². The van der Waals surface area contributed by atoms with Crippen LogP contribution in [0, 0.1) is 0 Å². The molecular weight excluding hydrogens is 292 g/mol. The van der Waals surface area contributed by atoms with E-state index in [4.69, 9.17) is 0 Å². The van der Waals surface area contributed by atoms with Crippen LogP contribution in [0.15, 0.2) is 36.5 Å². The molecule has 0 N–H and O–H groups in total. The molecule has 18 heavy (non-hydrogen) atoms. The van der Waals surface area contributed by atoms with E-state index in [2.05, 4.69) is 20.9 Å². The quantitative estimate of drug-likeness (QED) is 0.813. The van der Waals surface area contributed by atoms with Crippen molar-refractivity contribution in [3.63, 3.8) is 0 Å². The van der Waals surface area contributed by atoms with Crippen molar-refractivity contribution in [2.24, 2.45) is 0 Å². The van der Waals surface area contributed by atoms with Crippen LogP contribution in [0.1, 0.15) is 17.3 Å². The van der Waals surface area contributed by atoms with Gasteiger partial charge in [-0.1, -0.05) is 22.0 Å². The minimum atomic E-state index is 0.0719. The molecule has 0 unspecified atom stereocenters. The van der Waals surface area contributed by atoms with Crippen LogP contribution < -0.4 is 0 Å². The maximum atomic E-state index is 12.3. The Labute approximate surface area is 115 Å². The molecule has 3 nitrogen and oxygen atoms in total. The van der Waals surface area contributed by atoms with E-state index < -0.39 is 0 Å². The number of pyridine rings is 1. The lowest BCUT2D eigenvalue weighted by Crippen LogP contribution is -2.32. The molecule has 0 aliphatic heterocycles. The first kappa shape index (κ1) is 13.0. The number of fused-ring (bicyclic) bond motifs is 1. The van der Waals surface area contributed by atoms with E-state index >= 15 is 0 Å². The van der Waals surface area contributed by atoms with Crippen LogP contribution in [0.2, 0.25) is 0 Å². The van der Waals surface area contributed by atoms with Crippen molar-refractivity contribution >= 4 is 32.7 Å². The molecule has 0 bridgehead atoms. The van der Waals surface area contributed by atoms with E-state index in [9.17, 15) is 4.79 Å². The molecule has 1 heterocycles. The summed E-state index contributed by atoms with van der Waals surface area (Å²) in [5, 5.41) is 1.79. The standard InChI is InChI=1S/C14H15BrN2O/c1-2-17(9-7-15)14(18)12-5-6-13-11(10-12)4-3-8-16-13/h3-6,8,10H,2,7,9H2,1H3. The molecule has 0 saturated heterocycles. The third-order valence-electron chi connectivity index (χ3n) is 2.87. The van der Waals surface area contributed by atoms with Gasteiger partial charge in [0.05, 0.1) is 5.52 Å². The molecule has 1 aromatic heterocycles. The van der Waals surface area contributed by atoms with E-state index in [1.54, 1.807) is 6.20 Å². The summed E-state index contributed by atoms with van der Waals surface area (Å²) in [4.78, 5) is 18.4. The second-order valence-electron chi connectivity index (χ2n) is 3.98. The number of rotatable bonds is 4. The smallest absolute Gasteiger partial charge is 0.253 e. The molecule has 94 valence electrons. The average molecular weight is 307 g/mol. The molecule has 0 aliphatic carbocycles. The van der Waals surface area contributed by atoms with E-state index in [0.29, 0.717) is 0 Å². The van der Waals surface area contributed by atoms with Gasteiger partial charge in [0.2, 0.25) is 0 Å². The first-order chi connectivity index (χ1) is 8.76. The fourth-order valence-corrected chi connectivity index (χ4v) is 2.32. The molecule has 2 aromatic rings. The van der Waals surface area contributed by atoms with Gasteiger partial charge in [0, 0.05) is 35.6 Å². The number of nitrogens with zero attached hydrogens (tertiary/aromatic N) is 2. The number of carbonyl (C=O) groups excluding carboxylic acids is 1. The molecule has 2 rings (SSSR count). The number of halogens is 1. The Morgan fingerprint density at radius 2 is 2.22 bits per heavy atom. The summed E-state index contributed by atoms with van der Waals surface area (Å²) in [6, 6.07) is 9.49. The first-order valence-electron chi connectivity index (χ1n) is 5.96. The molecule has 0 atom stereocenters. The van der Waals surface area contributed by atoms with Crippen molar-refractivity contribution in [3.05, 3.63) is 42.1 Å². The second kappa shape index (κ2) is 5.96. The van der Waals surface area contributed by atoms with Gasteiger partial charge in [-0.15, -0.1) is 0 Å². The Morgan fingerprint density at radius 3 is 2.94 bits per heavy atom. The van der Waals surface area contributed by atoms with Crippen LogP contribution in [0.3, 0.4) is 0 Å². The Bertz CT molecular complexity index is 556. The Balaban J connectivity index is 2.32. The van der Waals surface area contributed by atoms with Gasteiger partial charge in [-0.3, -0.25) is 9.78 Å². The maximum absolute atomic E-state index is 12.3. The van der Waals surface area contributed by atoms with E-state index in [1.807, 2.05) is 42.2 Å². The van der Waals surface area contributed by atoms with Crippen molar-refractivity contribution in [1.29, 1.82) is 0 Å². The number of amides is 1. The SMILES string of the molecule is CCN(CCBr)C(=O)c1ccc2ncccc2c1. The highest BCUT2D eigenvalue weighted by atomic mass is 79.9. The minimum absolute atomic E-state index is 0.0719. The summed E-state index contributed by atoms with van der Waals surface area (Å²) in [5.74, 6) is 0.0719. The molecule has 0 radical (unpaired) electrons. The van der Waals surface area contributed by atoms with Crippen molar-refractivity contribution in [3.8, 4) is 0 Å². The predicted octanol–water partition coefficient (Wildman–Crippen LogP) is 3.09. The highest BCUT2D eigenvalue weighted by Crippen LogP contribution is 2.15. The Hall–Kier alpha value is -1.42. The monoisotopic (exact) mass is 306 g/mol. The van der Waals surface area contributed by atoms with Crippen molar-refractivity contribution in [1.82, 2.24) is 9.88 Å². The van der Waals surface area contributed by atoms with Gasteiger partial charge >= 0.3 is 0 Å². The van der Waals surface area contributed by atoms with E-state index in [0.717, 1.165) is 34.9 Å². The van der Waals surface area contributed by atoms with Gasteiger partial charge in [-0.2, -0.15) is 0 Å². The highest BCUT2D eigenvalue weighted by Gasteiger charge is 2.13. The molecule has 4 heteroatoms. The summed E-state index contributed by atoms with van der Waals surface area (Å²) < 4.78 is 0. The summed E-state index contributed by atoms with van der Waals surface area (Å²) in [5.41, 5.74) is 1.64. The Morgan fingerprint density at radius 1 is 1.39 bits per heavy atom. The van der Waals surface area contributed by atoms with Gasteiger partial charge in [-0.25, -0.2) is 0 Å². The lowest BCUT2D eigenvalue weighted by molar-refractivity contribution is 0.0775. The number of benzene rings is 1. The van der Waals surface area contributed by atoms with Crippen molar-refractivity contribution in [2.75, 3.05) is 18.4 Å². The summed E-state index contributed by atoms with van der Waals surface area (Å²) >= 11 is 3.37. The number of hydrogen-bond donors (Lipinski definition) is 0. The van der Waals surface area contributed by atoms with E-state index in [1.165, 1.54) is 0 Å². The molecule has 0 fully saturated rings. The zero-order chi connectivity index (χ0) is 13.0. The van der Waals surface area contributed by atoms with Crippen molar-refractivity contribution < 1.29 is 4.79 Å². The van der Waals surface area contributed by atoms with Crippen LogP contribution in [-0.2, 0) is 0 Å². The van der Waals surface area contributed by atoms with Crippen LogP contribution in [0.5, 0.6) is 0 Å². The fourth-order valence-electron chi connectivity index (χ4n) is 1.90. The van der Waals surface area contributed by atoms with Gasteiger partial charge in [0.1, 0.15) is 0 Å². The zero-order valence-corrected chi connectivity index (χ0v) is 11.9. The lowest BCUT2D eigenvalue weighted by atomic mass is 10.1. The zero-order valence-electron chi connectivity index (χ0n) is 10.3. The van der Waals surface area contributed by atoms with E-state index in [-0.39, 0.29) is 5.91 Å². The number of hydrogen-bond acceptors (Lipinski definition) is 2. The summed E-state index contributed by atoms with van der Waals surface area (Å²) in [6.45, 7) is 3.43. The van der Waals surface area contributed by atoms with Gasteiger partial charge < -0.3 is 4.90 Å². The molecule has 1 aromatic carbocycles. The predicted molar refractivity (Wildman–Crippen MR) is 77.1 cm³/mol. The molecule has 0 aliphatic rings. The van der Waals surface area contributed by atoms with Crippen LogP contribution in [0.4, 0.5) is 0 Å². The number of aromatic nitrogens is 1. The number of carbonyl (C=O) groups is 1. The minimum Gasteiger partial charge on any atom is -0.338 e. The number of alkyl halides is 1. The third-order valence-corrected chi connectivity index (χ3v) is 3.23. The highest BCUT2D eigenvalue weighted by molar-refractivity contribution is 9.09. The van der Waals surface area contributed by atoms with Gasteiger partial charge in [-0.05, 0) is 31.2 Å². The molecular formula is C14H15BrN2O. The van der Waals surface area contributed by atoms with Crippen LogP contribution in [0.25, 0.3) is 10.9 Å². The lowest BCUT2D eigenvalue weighted by Gasteiger charge is -2.19. The normalized spacial score (nSPS) is 10.6. The topological polar surface area (TPSA) is 33.2 Å².